The molecule has 0 bridgehead atoms. The van der Waals surface area contributed by atoms with E-state index in [1.165, 1.54) is 0 Å². The summed E-state index contributed by atoms with van der Waals surface area (Å²) in [6, 6.07) is 0. The average Bonchev–Trinajstić information content (AvgIpc) is 1.85. The van der Waals surface area contributed by atoms with E-state index in [0.29, 0.717) is 6.54 Å². The van der Waals surface area contributed by atoms with E-state index in [2.05, 4.69) is 21.0 Å². The predicted molar refractivity (Wildman–Crippen MR) is 52.0 cm³/mol. The lowest BCUT2D eigenvalue weighted by molar-refractivity contribution is -0.882. The third-order valence-corrected chi connectivity index (χ3v) is 1.77. The predicted octanol–water partition coefficient (Wildman–Crippen LogP) is -1.38. The number of hydrogen-bond acceptors (Lipinski definition) is 1. The number of hydrogen-bond donors (Lipinski definition) is 0. The van der Waals surface area contributed by atoms with Crippen LogP contribution in [0.3, 0.4) is 0 Å². The summed E-state index contributed by atoms with van der Waals surface area (Å²) in [5.41, 5.74) is 0. The summed E-state index contributed by atoms with van der Waals surface area (Å²) in [5, 5.41) is 0. The SMILES string of the molecule is CC=CC(=O)C[N+](C)(C)CCC.[Cl-]. The number of halogens is 1. The van der Waals surface area contributed by atoms with E-state index in [9.17, 15) is 4.79 Å². The number of ketones is 1. The highest BCUT2D eigenvalue weighted by molar-refractivity contribution is 5.90. The van der Waals surface area contributed by atoms with Crippen molar-refractivity contribution in [2.24, 2.45) is 0 Å². The van der Waals surface area contributed by atoms with Gasteiger partial charge in [-0.2, -0.15) is 0 Å². The van der Waals surface area contributed by atoms with Crippen molar-refractivity contribution in [3.8, 4) is 0 Å². The molecule has 0 saturated heterocycles. The zero-order valence-corrected chi connectivity index (χ0v) is 9.77. The van der Waals surface area contributed by atoms with Crippen molar-refractivity contribution in [2.45, 2.75) is 20.3 Å². The molecule has 0 fully saturated rings. The number of quaternary nitrogens is 1. The first-order chi connectivity index (χ1) is 5.52. The van der Waals surface area contributed by atoms with Gasteiger partial charge >= 0.3 is 0 Å². The molecule has 13 heavy (non-hydrogen) atoms. The molecule has 2 nitrogen and oxygen atoms in total. The topological polar surface area (TPSA) is 17.1 Å². The van der Waals surface area contributed by atoms with Crippen molar-refractivity contribution < 1.29 is 21.7 Å². The van der Waals surface area contributed by atoms with Gasteiger partial charge in [0.25, 0.3) is 0 Å². The molecule has 0 aliphatic heterocycles. The molecule has 0 amide bonds. The van der Waals surface area contributed by atoms with Crippen LogP contribution >= 0.6 is 0 Å². The van der Waals surface area contributed by atoms with Crippen molar-refractivity contribution in [2.75, 3.05) is 27.2 Å². The summed E-state index contributed by atoms with van der Waals surface area (Å²) in [4.78, 5) is 11.2. The maximum Gasteiger partial charge on any atom is 0.209 e. The van der Waals surface area contributed by atoms with E-state index in [1.54, 1.807) is 12.2 Å². The Kier molecular flexibility index (Phi) is 8.27. The fourth-order valence-electron chi connectivity index (χ4n) is 1.34. The molecular weight excluding hydrogens is 186 g/mol. The van der Waals surface area contributed by atoms with Gasteiger partial charge < -0.3 is 16.9 Å². The lowest BCUT2D eigenvalue weighted by Crippen LogP contribution is -3.00. The van der Waals surface area contributed by atoms with Crippen LogP contribution in [0.1, 0.15) is 20.3 Å². The summed E-state index contributed by atoms with van der Waals surface area (Å²) in [7, 11) is 4.18. The highest BCUT2D eigenvalue weighted by atomic mass is 35.5. The molecule has 0 rings (SSSR count). The summed E-state index contributed by atoms with van der Waals surface area (Å²) < 4.78 is 0.791. The Morgan fingerprint density at radius 3 is 2.31 bits per heavy atom. The van der Waals surface area contributed by atoms with Gasteiger partial charge in [-0.3, -0.25) is 4.79 Å². The normalized spacial score (nSPS) is 11.4. The lowest BCUT2D eigenvalue weighted by atomic mass is 10.3. The summed E-state index contributed by atoms with van der Waals surface area (Å²) in [6.07, 6.45) is 4.57. The molecule has 0 atom stereocenters. The van der Waals surface area contributed by atoms with Crippen molar-refractivity contribution in [3.05, 3.63) is 12.2 Å². The van der Waals surface area contributed by atoms with Crippen molar-refractivity contribution >= 4 is 5.78 Å². The first-order valence-corrected chi connectivity index (χ1v) is 4.49. The third kappa shape index (κ3) is 8.00. The Morgan fingerprint density at radius 2 is 1.92 bits per heavy atom. The monoisotopic (exact) mass is 205 g/mol. The number of likely N-dealkylation sites (N-methyl/N-ethyl adjacent to an activating group) is 1. The highest BCUT2D eigenvalue weighted by Gasteiger charge is 2.16. The molecule has 0 N–H and O–H groups in total. The van der Waals surface area contributed by atoms with Crippen molar-refractivity contribution in [1.82, 2.24) is 0 Å². The van der Waals surface area contributed by atoms with E-state index in [0.717, 1.165) is 17.4 Å². The summed E-state index contributed by atoms with van der Waals surface area (Å²) in [5.74, 6) is 0.218. The summed E-state index contributed by atoms with van der Waals surface area (Å²) >= 11 is 0. The van der Waals surface area contributed by atoms with Gasteiger partial charge in [-0.15, -0.1) is 0 Å². The summed E-state index contributed by atoms with van der Waals surface area (Å²) in [6.45, 7) is 5.68. The molecular formula is C10H20ClNO. The molecule has 0 saturated carbocycles. The molecule has 0 unspecified atom stereocenters. The van der Waals surface area contributed by atoms with Gasteiger partial charge in [0.05, 0.1) is 20.6 Å². The average molecular weight is 206 g/mol. The lowest BCUT2D eigenvalue weighted by Gasteiger charge is -2.27. The van der Waals surface area contributed by atoms with E-state index in [4.69, 9.17) is 0 Å². The van der Waals surface area contributed by atoms with E-state index >= 15 is 0 Å². The Hall–Kier alpha value is -0.340. The first-order valence-electron chi connectivity index (χ1n) is 4.49. The molecule has 0 aliphatic rings. The molecule has 0 spiro atoms. The van der Waals surface area contributed by atoms with Crippen LogP contribution in [0.25, 0.3) is 0 Å². The van der Waals surface area contributed by atoms with Gasteiger partial charge in [0.1, 0.15) is 6.54 Å². The third-order valence-electron chi connectivity index (χ3n) is 1.77. The fraction of sp³-hybridized carbons (Fsp3) is 0.700. The van der Waals surface area contributed by atoms with E-state index in [-0.39, 0.29) is 18.2 Å². The highest BCUT2D eigenvalue weighted by Crippen LogP contribution is 1.99. The number of nitrogens with zero attached hydrogens (tertiary/aromatic N) is 1. The molecule has 3 heteroatoms. The Morgan fingerprint density at radius 1 is 1.38 bits per heavy atom. The number of carbonyl (C=O) groups is 1. The molecule has 0 aromatic rings. The minimum absolute atomic E-state index is 0. The quantitative estimate of drug-likeness (QED) is 0.400. The second-order valence-corrected chi connectivity index (χ2v) is 3.78. The van der Waals surface area contributed by atoms with Crippen molar-refractivity contribution in [3.63, 3.8) is 0 Å². The van der Waals surface area contributed by atoms with Gasteiger partial charge in [-0.05, 0) is 19.4 Å². The van der Waals surface area contributed by atoms with Crippen LogP contribution in [0.2, 0.25) is 0 Å². The van der Waals surface area contributed by atoms with E-state index in [1.807, 2.05) is 6.92 Å². The van der Waals surface area contributed by atoms with Crippen LogP contribution in [0.15, 0.2) is 12.2 Å². The smallest absolute Gasteiger partial charge is 0.209 e. The van der Waals surface area contributed by atoms with Gasteiger partial charge in [0.2, 0.25) is 5.78 Å². The maximum absolute atomic E-state index is 11.2. The van der Waals surface area contributed by atoms with E-state index < -0.39 is 0 Å². The van der Waals surface area contributed by atoms with Gasteiger partial charge in [-0.1, -0.05) is 13.0 Å². The van der Waals surface area contributed by atoms with Crippen LogP contribution < -0.4 is 12.4 Å². The standard InChI is InChI=1S/C10H20NO.ClH/c1-5-7-10(12)9-11(3,4)8-6-2;/h5,7H,6,8-9H2,1-4H3;1H/q+1;/p-1. The van der Waals surface area contributed by atoms with Crippen LogP contribution in [-0.2, 0) is 4.79 Å². The first kappa shape index (κ1) is 15.1. The van der Waals surface area contributed by atoms with Crippen LogP contribution in [-0.4, -0.2) is 37.5 Å². The zero-order valence-electron chi connectivity index (χ0n) is 9.01. The van der Waals surface area contributed by atoms with Gasteiger partial charge in [0, 0.05) is 0 Å². The number of allylic oxidation sites excluding steroid dienone is 1. The molecule has 0 radical (unpaired) electrons. The molecule has 78 valence electrons. The second-order valence-electron chi connectivity index (χ2n) is 3.78. The number of carbonyl (C=O) groups excluding carboxylic acids is 1. The molecule has 0 aromatic carbocycles. The molecule has 0 heterocycles. The zero-order chi connectivity index (χ0) is 9.61. The Bertz CT molecular complexity index is 176. The fourth-order valence-corrected chi connectivity index (χ4v) is 1.34. The second kappa shape index (κ2) is 7.10. The number of rotatable bonds is 5. The van der Waals surface area contributed by atoms with Crippen molar-refractivity contribution in [1.29, 1.82) is 0 Å². The maximum atomic E-state index is 11.2. The Balaban J connectivity index is 0. The van der Waals surface area contributed by atoms with Crippen LogP contribution in [0.4, 0.5) is 0 Å². The van der Waals surface area contributed by atoms with Gasteiger partial charge in [-0.25, -0.2) is 0 Å². The van der Waals surface area contributed by atoms with Gasteiger partial charge in [0.15, 0.2) is 0 Å². The van der Waals surface area contributed by atoms with Crippen LogP contribution in [0, 0.1) is 0 Å². The largest absolute Gasteiger partial charge is 1.00 e. The molecule has 0 aliphatic carbocycles. The minimum Gasteiger partial charge on any atom is -1.00 e. The van der Waals surface area contributed by atoms with Crippen LogP contribution in [0.5, 0.6) is 0 Å². The Labute approximate surface area is 87.6 Å². The molecule has 0 aromatic heterocycles. The minimum atomic E-state index is 0.